The first-order valence-electron chi connectivity index (χ1n) is 8.51. The van der Waals surface area contributed by atoms with Gasteiger partial charge in [-0.05, 0) is 39.5 Å². The molecule has 0 aliphatic rings. The first kappa shape index (κ1) is 20.3. The molecule has 3 rings (SSSR count). The number of anilines is 1. The summed E-state index contributed by atoms with van der Waals surface area (Å²) in [6, 6.07) is 0. The summed E-state index contributed by atoms with van der Waals surface area (Å²) in [7, 11) is 1.33. The van der Waals surface area contributed by atoms with E-state index in [1.807, 2.05) is 34.0 Å². The van der Waals surface area contributed by atoms with E-state index in [4.69, 9.17) is 4.74 Å². The van der Waals surface area contributed by atoms with E-state index < -0.39 is 5.97 Å². The Bertz CT molecular complexity index is 1090. The lowest BCUT2D eigenvalue weighted by Gasteiger charge is -2.11. The number of carbonyl (C=O) groups excluding carboxylic acids is 2. The molecule has 0 atom stereocenters. The van der Waals surface area contributed by atoms with Gasteiger partial charge in [0, 0.05) is 21.8 Å². The van der Waals surface area contributed by atoms with Crippen molar-refractivity contribution in [2.24, 2.45) is 0 Å². The van der Waals surface area contributed by atoms with E-state index in [-0.39, 0.29) is 12.3 Å². The average Bonchev–Trinajstić information content (AvgIpc) is 3.19. The number of thiophene rings is 1. The molecular formula is C18H21N5O3S2. The second-order valence-corrected chi connectivity index (χ2v) is 8.27. The lowest BCUT2D eigenvalue weighted by atomic mass is 10.1. The van der Waals surface area contributed by atoms with Crippen LogP contribution in [0.5, 0.6) is 0 Å². The van der Waals surface area contributed by atoms with E-state index in [1.54, 1.807) is 4.52 Å². The summed E-state index contributed by atoms with van der Waals surface area (Å²) >= 11 is 2.80. The van der Waals surface area contributed by atoms with Gasteiger partial charge in [0.1, 0.15) is 5.00 Å². The Hall–Kier alpha value is -2.46. The van der Waals surface area contributed by atoms with E-state index >= 15 is 0 Å². The third-order valence-electron chi connectivity index (χ3n) is 4.58. The average molecular weight is 420 g/mol. The Kier molecular flexibility index (Phi) is 5.71. The molecule has 0 bridgehead atoms. The molecule has 0 saturated heterocycles. The number of nitrogens with one attached hydrogen (secondary N) is 1. The van der Waals surface area contributed by atoms with Gasteiger partial charge in [0.2, 0.25) is 11.1 Å². The van der Waals surface area contributed by atoms with Gasteiger partial charge >= 0.3 is 5.97 Å². The van der Waals surface area contributed by atoms with E-state index in [0.717, 1.165) is 27.4 Å². The first-order valence-corrected chi connectivity index (χ1v) is 10.6. The standard InChI is InChI=1S/C18H21N5O3S2/c1-8-11(4)28-15(14(8)16(25)26-5)20-13(24)7-12-9(2)19-17-21-18(27-6)22-23(17)10(12)3/h7H2,1-6H3,(H,20,24). The SMILES string of the molecule is COC(=O)c1c(NC(=O)Cc2c(C)nc3nc(SC)nn3c2C)sc(C)c1C. The lowest BCUT2D eigenvalue weighted by molar-refractivity contribution is -0.115. The summed E-state index contributed by atoms with van der Waals surface area (Å²) < 4.78 is 6.51. The number of aryl methyl sites for hydroxylation is 3. The number of hydrogen-bond acceptors (Lipinski definition) is 8. The van der Waals surface area contributed by atoms with Crippen LogP contribution in [-0.4, -0.2) is 44.8 Å². The van der Waals surface area contributed by atoms with Gasteiger partial charge in [0.05, 0.1) is 19.1 Å². The molecule has 0 radical (unpaired) electrons. The van der Waals surface area contributed by atoms with Crippen LogP contribution in [0.25, 0.3) is 5.78 Å². The molecule has 0 aromatic carbocycles. The second kappa shape index (κ2) is 7.88. The number of hydrogen-bond donors (Lipinski definition) is 1. The van der Waals surface area contributed by atoms with Gasteiger partial charge in [-0.25, -0.2) is 14.3 Å². The normalized spacial score (nSPS) is 11.1. The largest absolute Gasteiger partial charge is 0.465 e. The summed E-state index contributed by atoms with van der Waals surface area (Å²) in [4.78, 5) is 34.6. The van der Waals surface area contributed by atoms with Crippen LogP contribution in [0.4, 0.5) is 5.00 Å². The quantitative estimate of drug-likeness (QED) is 0.501. The van der Waals surface area contributed by atoms with Gasteiger partial charge < -0.3 is 10.1 Å². The monoisotopic (exact) mass is 419 g/mol. The summed E-state index contributed by atoms with van der Waals surface area (Å²) in [5, 5.41) is 8.39. The molecule has 10 heteroatoms. The van der Waals surface area contributed by atoms with Crippen LogP contribution < -0.4 is 5.32 Å². The third kappa shape index (κ3) is 3.61. The van der Waals surface area contributed by atoms with Crippen molar-refractivity contribution in [2.75, 3.05) is 18.7 Å². The van der Waals surface area contributed by atoms with Gasteiger partial charge in [0.15, 0.2) is 0 Å². The topological polar surface area (TPSA) is 98.5 Å². The molecule has 8 nitrogen and oxygen atoms in total. The number of ether oxygens (including phenoxy) is 1. The van der Waals surface area contributed by atoms with Gasteiger partial charge in [-0.1, -0.05) is 11.8 Å². The van der Waals surface area contributed by atoms with Crippen molar-refractivity contribution in [1.29, 1.82) is 0 Å². The molecular weight excluding hydrogens is 398 g/mol. The highest BCUT2D eigenvalue weighted by atomic mass is 32.2. The van der Waals surface area contributed by atoms with Gasteiger partial charge in [0.25, 0.3) is 5.78 Å². The predicted octanol–water partition coefficient (Wildman–Crippen LogP) is 3.11. The van der Waals surface area contributed by atoms with Gasteiger partial charge in [-0.15, -0.1) is 16.4 Å². The van der Waals surface area contributed by atoms with Gasteiger partial charge in [-0.3, -0.25) is 4.79 Å². The number of carbonyl (C=O) groups is 2. The number of nitrogens with zero attached hydrogens (tertiary/aromatic N) is 4. The molecule has 3 aromatic rings. The molecule has 0 unspecified atom stereocenters. The van der Waals surface area contributed by atoms with Crippen LogP contribution in [0.15, 0.2) is 5.16 Å². The van der Waals surface area contributed by atoms with Crippen LogP contribution in [0.3, 0.4) is 0 Å². The zero-order valence-electron chi connectivity index (χ0n) is 16.5. The molecule has 148 valence electrons. The number of rotatable bonds is 5. The first-order chi connectivity index (χ1) is 13.3. The highest BCUT2D eigenvalue weighted by Crippen LogP contribution is 2.33. The zero-order chi connectivity index (χ0) is 20.6. The fourth-order valence-electron chi connectivity index (χ4n) is 2.93. The van der Waals surface area contributed by atoms with Crippen molar-refractivity contribution >= 4 is 45.8 Å². The number of methoxy groups -OCH3 is 1. The molecule has 1 amide bonds. The molecule has 1 N–H and O–H groups in total. The minimum atomic E-state index is -0.459. The second-order valence-electron chi connectivity index (χ2n) is 6.28. The lowest BCUT2D eigenvalue weighted by Crippen LogP contribution is -2.18. The summed E-state index contributed by atoms with van der Waals surface area (Å²) in [5.41, 5.74) is 3.55. The Labute approximate surface area is 170 Å². The number of esters is 1. The van der Waals surface area contributed by atoms with Crippen molar-refractivity contribution in [3.05, 3.63) is 33.0 Å². The molecule has 0 aliphatic heterocycles. The van der Waals surface area contributed by atoms with Crippen molar-refractivity contribution in [2.45, 2.75) is 39.3 Å². The molecule has 0 saturated carbocycles. The third-order valence-corrected chi connectivity index (χ3v) is 6.24. The fourth-order valence-corrected chi connectivity index (χ4v) is 4.33. The smallest absolute Gasteiger partial charge is 0.341 e. The minimum absolute atomic E-state index is 0.117. The molecule has 28 heavy (non-hydrogen) atoms. The van der Waals surface area contributed by atoms with Crippen LogP contribution in [-0.2, 0) is 16.0 Å². The summed E-state index contributed by atoms with van der Waals surface area (Å²) in [6.45, 7) is 7.49. The van der Waals surface area contributed by atoms with Crippen molar-refractivity contribution in [3.63, 3.8) is 0 Å². The molecule has 3 aromatic heterocycles. The van der Waals surface area contributed by atoms with Crippen LogP contribution in [0.1, 0.15) is 37.7 Å². The molecule has 3 heterocycles. The number of fused-ring (bicyclic) bond motifs is 1. The Balaban J connectivity index is 1.90. The molecule has 0 aliphatic carbocycles. The van der Waals surface area contributed by atoms with E-state index in [0.29, 0.717) is 21.5 Å². The molecule has 0 fully saturated rings. The number of thioether (sulfide) groups is 1. The highest BCUT2D eigenvalue weighted by Gasteiger charge is 2.22. The van der Waals surface area contributed by atoms with Crippen LogP contribution in [0, 0.1) is 27.7 Å². The maximum absolute atomic E-state index is 12.7. The van der Waals surface area contributed by atoms with Crippen LogP contribution in [0.2, 0.25) is 0 Å². The van der Waals surface area contributed by atoms with E-state index in [2.05, 4.69) is 20.4 Å². The van der Waals surface area contributed by atoms with Crippen molar-refractivity contribution in [3.8, 4) is 0 Å². The summed E-state index contributed by atoms with van der Waals surface area (Å²) in [5.74, 6) is -0.176. The van der Waals surface area contributed by atoms with E-state index in [1.165, 1.54) is 30.2 Å². The van der Waals surface area contributed by atoms with Crippen molar-refractivity contribution < 1.29 is 14.3 Å². The summed E-state index contributed by atoms with van der Waals surface area (Å²) in [6.07, 6.45) is 2.01. The minimum Gasteiger partial charge on any atom is -0.465 e. The van der Waals surface area contributed by atoms with E-state index in [9.17, 15) is 9.59 Å². The van der Waals surface area contributed by atoms with Gasteiger partial charge in [-0.2, -0.15) is 4.98 Å². The van der Waals surface area contributed by atoms with Crippen LogP contribution >= 0.6 is 23.1 Å². The molecule has 0 spiro atoms. The Morgan fingerprint density at radius 1 is 1.21 bits per heavy atom. The Morgan fingerprint density at radius 2 is 1.93 bits per heavy atom. The maximum Gasteiger partial charge on any atom is 0.341 e. The number of amides is 1. The predicted molar refractivity (Wildman–Crippen MR) is 110 cm³/mol. The zero-order valence-corrected chi connectivity index (χ0v) is 18.2. The maximum atomic E-state index is 12.7. The Morgan fingerprint density at radius 3 is 2.57 bits per heavy atom. The highest BCUT2D eigenvalue weighted by molar-refractivity contribution is 7.98. The fraction of sp³-hybridized carbons (Fsp3) is 0.389. The van der Waals surface area contributed by atoms with Crippen molar-refractivity contribution in [1.82, 2.24) is 19.6 Å². The number of aromatic nitrogens is 4.